The van der Waals surface area contributed by atoms with Crippen molar-refractivity contribution in [1.29, 1.82) is 0 Å². The normalized spacial score (nSPS) is 11.0. The number of sulfonamides is 1. The molecule has 2 aromatic rings. The van der Waals surface area contributed by atoms with E-state index in [-0.39, 0.29) is 16.4 Å². The van der Waals surface area contributed by atoms with Gasteiger partial charge < -0.3 is 4.74 Å². The third-order valence-corrected chi connectivity index (χ3v) is 3.59. The van der Waals surface area contributed by atoms with Gasteiger partial charge in [-0.25, -0.2) is 23.0 Å². The summed E-state index contributed by atoms with van der Waals surface area (Å²) in [6, 6.07) is 5.32. The van der Waals surface area contributed by atoms with E-state index < -0.39 is 16.0 Å². The third-order valence-electron chi connectivity index (χ3n) is 2.23. The average molecular weight is 282 g/mol. The summed E-state index contributed by atoms with van der Waals surface area (Å²) in [7, 11) is -2.52. The number of hydrogen-bond acceptors (Lipinski definition) is 6. The summed E-state index contributed by atoms with van der Waals surface area (Å²) in [5.74, 6) is -0.524. The highest BCUT2D eigenvalue weighted by Gasteiger charge is 2.16. The standard InChI is InChI=1S/C10H10N4O4S/c1-18-9(15)7-2-4-8(5-3-7)19(16,17)14-10-11-6-12-13-10/h2-6H,1H3,(H2,11,12,13,14). The average Bonchev–Trinajstić information content (AvgIpc) is 2.90. The Labute approximate surface area is 108 Å². The maximum absolute atomic E-state index is 11.9. The highest BCUT2D eigenvalue weighted by Crippen LogP contribution is 2.14. The second kappa shape index (κ2) is 5.06. The van der Waals surface area contributed by atoms with Gasteiger partial charge in [0.05, 0.1) is 17.6 Å². The molecule has 2 rings (SSSR count). The molecule has 8 nitrogen and oxygen atoms in total. The molecule has 0 amide bonds. The molecule has 19 heavy (non-hydrogen) atoms. The molecule has 0 aliphatic heterocycles. The molecule has 0 radical (unpaired) electrons. The number of ether oxygens (including phenoxy) is 1. The Morgan fingerprint density at radius 1 is 1.32 bits per heavy atom. The zero-order chi connectivity index (χ0) is 13.9. The van der Waals surface area contributed by atoms with Crippen LogP contribution in [0.1, 0.15) is 10.4 Å². The van der Waals surface area contributed by atoms with Gasteiger partial charge in [-0.1, -0.05) is 0 Å². The van der Waals surface area contributed by atoms with E-state index in [0.29, 0.717) is 0 Å². The van der Waals surface area contributed by atoms with Crippen LogP contribution >= 0.6 is 0 Å². The van der Waals surface area contributed by atoms with Gasteiger partial charge in [0.25, 0.3) is 10.0 Å². The van der Waals surface area contributed by atoms with Crippen molar-refractivity contribution in [2.75, 3.05) is 11.8 Å². The molecular weight excluding hydrogens is 272 g/mol. The summed E-state index contributed by atoms with van der Waals surface area (Å²) in [5, 5.41) is 5.90. The highest BCUT2D eigenvalue weighted by molar-refractivity contribution is 7.92. The summed E-state index contributed by atoms with van der Waals surface area (Å²) in [6.07, 6.45) is 1.18. The van der Waals surface area contributed by atoms with Gasteiger partial charge in [0.15, 0.2) is 0 Å². The summed E-state index contributed by atoms with van der Waals surface area (Å²) in [6.45, 7) is 0. The molecule has 1 heterocycles. The minimum atomic E-state index is -3.77. The number of esters is 1. The van der Waals surface area contributed by atoms with Crippen LogP contribution in [0.25, 0.3) is 0 Å². The number of aromatic amines is 1. The largest absolute Gasteiger partial charge is 0.465 e. The van der Waals surface area contributed by atoms with Gasteiger partial charge in [-0.05, 0) is 24.3 Å². The van der Waals surface area contributed by atoms with Crippen molar-refractivity contribution < 1.29 is 17.9 Å². The number of H-pyrrole nitrogens is 1. The van der Waals surface area contributed by atoms with Gasteiger partial charge in [0.1, 0.15) is 6.33 Å². The number of carbonyl (C=O) groups is 1. The second-order valence-corrected chi connectivity index (χ2v) is 5.14. The number of nitrogens with zero attached hydrogens (tertiary/aromatic N) is 2. The Kier molecular flexibility index (Phi) is 3.47. The smallest absolute Gasteiger partial charge is 0.337 e. The van der Waals surface area contributed by atoms with Crippen molar-refractivity contribution in [3.8, 4) is 0 Å². The fourth-order valence-electron chi connectivity index (χ4n) is 1.33. The molecule has 0 bridgehead atoms. The molecule has 0 spiro atoms. The molecule has 0 saturated heterocycles. The number of benzene rings is 1. The number of carbonyl (C=O) groups excluding carboxylic acids is 1. The SMILES string of the molecule is COC(=O)c1ccc(S(=O)(=O)Nc2ncn[nH]2)cc1. The first kappa shape index (κ1) is 13.0. The van der Waals surface area contributed by atoms with Crippen molar-refractivity contribution in [3.05, 3.63) is 36.2 Å². The number of nitrogens with one attached hydrogen (secondary N) is 2. The van der Waals surface area contributed by atoms with Crippen molar-refractivity contribution >= 4 is 21.9 Å². The number of rotatable bonds is 4. The summed E-state index contributed by atoms with van der Waals surface area (Å²) < 4.78 is 30.6. The van der Waals surface area contributed by atoms with Crippen molar-refractivity contribution in [3.63, 3.8) is 0 Å². The first-order valence-electron chi connectivity index (χ1n) is 5.09. The van der Waals surface area contributed by atoms with Crippen molar-refractivity contribution in [1.82, 2.24) is 15.2 Å². The molecule has 0 unspecified atom stereocenters. The lowest BCUT2D eigenvalue weighted by Gasteiger charge is -2.05. The van der Waals surface area contributed by atoms with Crippen molar-refractivity contribution in [2.24, 2.45) is 0 Å². The monoisotopic (exact) mass is 282 g/mol. The molecule has 0 atom stereocenters. The van der Waals surface area contributed by atoms with Crippen LogP contribution in [0.15, 0.2) is 35.5 Å². The molecule has 9 heteroatoms. The number of methoxy groups -OCH3 is 1. The minimum Gasteiger partial charge on any atom is -0.465 e. The zero-order valence-electron chi connectivity index (χ0n) is 9.82. The Morgan fingerprint density at radius 2 is 2.00 bits per heavy atom. The maximum atomic E-state index is 11.9. The molecule has 0 aliphatic rings. The van der Waals surface area contributed by atoms with Crippen LogP contribution in [0.4, 0.5) is 5.95 Å². The predicted octanol–water partition coefficient (Wildman–Crippen LogP) is 0.392. The van der Waals surface area contributed by atoms with Crippen LogP contribution < -0.4 is 4.72 Å². The van der Waals surface area contributed by atoms with E-state index in [0.717, 1.165) is 0 Å². The van der Waals surface area contributed by atoms with E-state index in [2.05, 4.69) is 24.6 Å². The molecule has 100 valence electrons. The second-order valence-electron chi connectivity index (χ2n) is 3.46. The fraction of sp³-hybridized carbons (Fsp3) is 0.100. The number of aromatic nitrogens is 3. The first-order chi connectivity index (χ1) is 9.03. The third kappa shape index (κ3) is 2.88. The van der Waals surface area contributed by atoms with Crippen LogP contribution in [0.5, 0.6) is 0 Å². The van der Waals surface area contributed by atoms with Gasteiger partial charge in [0, 0.05) is 0 Å². The van der Waals surface area contributed by atoms with Crippen LogP contribution in [0.2, 0.25) is 0 Å². The molecule has 0 fully saturated rings. The predicted molar refractivity (Wildman–Crippen MR) is 65.0 cm³/mol. The van der Waals surface area contributed by atoms with Crippen LogP contribution in [-0.4, -0.2) is 36.7 Å². The van der Waals surface area contributed by atoms with Crippen LogP contribution in [-0.2, 0) is 14.8 Å². The molecule has 0 saturated carbocycles. The molecule has 1 aromatic carbocycles. The lowest BCUT2D eigenvalue weighted by atomic mass is 10.2. The molecule has 1 aromatic heterocycles. The number of anilines is 1. The topological polar surface area (TPSA) is 114 Å². The van der Waals surface area contributed by atoms with E-state index in [1.54, 1.807) is 0 Å². The quantitative estimate of drug-likeness (QED) is 0.784. The fourth-order valence-corrected chi connectivity index (χ4v) is 2.29. The lowest BCUT2D eigenvalue weighted by molar-refractivity contribution is 0.0600. The van der Waals surface area contributed by atoms with Gasteiger partial charge >= 0.3 is 5.97 Å². The minimum absolute atomic E-state index is 0.00319. The van der Waals surface area contributed by atoms with Gasteiger partial charge in [-0.3, -0.25) is 0 Å². The molecule has 2 N–H and O–H groups in total. The molecular formula is C10H10N4O4S. The number of hydrogen-bond donors (Lipinski definition) is 2. The Morgan fingerprint density at radius 3 is 2.53 bits per heavy atom. The summed E-state index contributed by atoms with van der Waals surface area (Å²) in [4.78, 5) is 14.9. The van der Waals surface area contributed by atoms with Crippen molar-refractivity contribution in [2.45, 2.75) is 4.90 Å². The summed E-state index contributed by atoms with van der Waals surface area (Å²) in [5.41, 5.74) is 0.265. The Bertz CT molecular complexity index is 664. The van der Waals surface area contributed by atoms with Gasteiger partial charge in [-0.15, -0.1) is 0 Å². The first-order valence-corrected chi connectivity index (χ1v) is 6.58. The van der Waals surface area contributed by atoms with E-state index in [4.69, 9.17) is 0 Å². The van der Waals surface area contributed by atoms with E-state index >= 15 is 0 Å². The summed E-state index contributed by atoms with van der Waals surface area (Å²) >= 11 is 0. The van der Waals surface area contributed by atoms with Crippen LogP contribution in [0.3, 0.4) is 0 Å². The lowest BCUT2D eigenvalue weighted by Crippen LogP contribution is -2.14. The maximum Gasteiger partial charge on any atom is 0.337 e. The zero-order valence-corrected chi connectivity index (χ0v) is 10.6. The van der Waals surface area contributed by atoms with Gasteiger partial charge in [0.2, 0.25) is 5.95 Å². The highest BCUT2D eigenvalue weighted by atomic mass is 32.2. The van der Waals surface area contributed by atoms with Gasteiger partial charge in [-0.2, -0.15) is 10.1 Å². The van der Waals surface area contributed by atoms with E-state index in [1.807, 2.05) is 0 Å². The Hall–Kier alpha value is -2.42. The van der Waals surface area contributed by atoms with E-state index in [1.165, 1.54) is 37.7 Å². The van der Waals surface area contributed by atoms with E-state index in [9.17, 15) is 13.2 Å². The van der Waals surface area contributed by atoms with Crippen LogP contribution in [0, 0.1) is 0 Å². The molecule has 0 aliphatic carbocycles. The Balaban J connectivity index is 2.24.